The van der Waals surface area contributed by atoms with E-state index in [0.717, 1.165) is 15.5 Å². The molecule has 0 aliphatic rings. The second kappa shape index (κ2) is 8.14. The van der Waals surface area contributed by atoms with Gasteiger partial charge in [0, 0.05) is 32.7 Å². The Balaban J connectivity index is 1.73. The lowest BCUT2D eigenvalue weighted by atomic mass is 10.2. The first-order valence-electron chi connectivity index (χ1n) is 8.47. The smallest absolute Gasteiger partial charge is 0.330 e. The molecule has 27 heavy (non-hydrogen) atoms. The third-order valence-electron chi connectivity index (χ3n) is 4.02. The third-order valence-corrected chi connectivity index (χ3v) is 5.17. The van der Waals surface area contributed by atoms with Crippen molar-refractivity contribution in [2.24, 2.45) is 0 Å². The molecule has 0 fully saturated rings. The van der Waals surface area contributed by atoms with Crippen molar-refractivity contribution in [2.45, 2.75) is 25.9 Å². The molecule has 0 amide bonds. The number of ether oxygens (including phenoxy) is 2. The molecule has 1 aromatic heterocycles. The highest BCUT2D eigenvalue weighted by molar-refractivity contribution is 7.24. The molecule has 1 atom stereocenters. The predicted octanol–water partition coefficient (Wildman–Crippen LogP) is 4.22. The van der Waals surface area contributed by atoms with Gasteiger partial charge in [0.1, 0.15) is 5.75 Å². The van der Waals surface area contributed by atoms with Crippen LogP contribution in [0.2, 0.25) is 0 Å². The Kier molecular flexibility index (Phi) is 5.66. The predicted molar refractivity (Wildman–Crippen MR) is 106 cm³/mol. The molecule has 0 bridgehead atoms. The van der Waals surface area contributed by atoms with Crippen molar-refractivity contribution in [3.8, 4) is 5.75 Å². The van der Waals surface area contributed by atoms with Gasteiger partial charge < -0.3 is 9.47 Å². The summed E-state index contributed by atoms with van der Waals surface area (Å²) in [7, 11) is 0. The van der Waals surface area contributed by atoms with Crippen LogP contribution in [-0.2, 0) is 14.3 Å². The minimum Gasteiger partial charge on any atom is -0.460 e. The summed E-state index contributed by atoms with van der Waals surface area (Å²) in [5.41, 5.74) is -0.0813. The van der Waals surface area contributed by atoms with Gasteiger partial charge in [-0.3, -0.25) is 9.59 Å². The number of hydrogen-bond acceptors (Lipinski definition) is 6. The molecule has 3 aromatic rings. The molecule has 0 saturated carbocycles. The second-order valence-electron chi connectivity index (χ2n) is 6.05. The molecular weight excluding hydrogens is 364 g/mol. The van der Waals surface area contributed by atoms with E-state index in [1.807, 2.05) is 18.2 Å². The van der Waals surface area contributed by atoms with Crippen molar-refractivity contribution < 1.29 is 19.1 Å². The van der Waals surface area contributed by atoms with Gasteiger partial charge in [0.05, 0.1) is 6.10 Å². The maximum atomic E-state index is 12.7. The maximum Gasteiger partial charge on any atom is 0.330 e. The van der Waals surface area contributed by atoms with E-state index >= 15 is 0 Å². The van der Waals surface area contributed by atoms with Crippen LogP contribution in [0, 0.1) is 0 Å². The Morgan fingerprint density at radius 1 is 1.15 bits per heavy atom. The lowest BCUT2D eigenvalue weighted by Gasteiger charge is -2.11. The highest BCUT2D eigenvalue weighted by Crippen LogP contribution is 2.27. The molecule has 1 unspecified atom stereocenters. The Labute approximate surface area is 159 Å². The van der Waals surface area contributed by atoms with E-state index < -0.39 is 18.0 Å². The van der Waals surface area contributed by atoms with E-state index in [9.17, 15) is 14.4 Å². The van der Waals surface area contributed by atoms with Gasteiger partial charge in [-0.2, -0.15) is 0 Å². The van der Waals surface area contributed by atoms with Gasteiger partial charge in [-0.15, -0.1) is 11.3 Å². The van der Waals surface area contributed by atoms with E-state index in [1.54, 1.807) is 31.2 Å². The molecule has 0 radical (unpaired) electrons. The zero-order chi connectivity index (χ0) is 19.4. The van der Waals surface area contributed by atoms with Crippen molar-refractivity contribution in [2.75, 3.05) is 0 Å². The molecule has 3 rings (SSSR count). The zero-order valence-electron chi connectivity index (χ0n) is 14.8. The van der Waals surface area contributed by atoms with Crippen LogP contribution >= 0.6 is 11.3 Å². The van der Waals surface area contributed by atoms with Crippen molar-refractivity contribution >= 4 is 43.4 Å². The average molecular weight is 382 g/mol. The van der Waals surface area contributed by atoms with E-state index in [2.05, 4.69) is 6.58 Å². The summed E-state index contributed by atoms with van der Waals surface area (Å²) in [4.78, 5) is 35.9. The van der Waals surface area contributed by atoms with E-state index in [1.165, 1.54) is 11.3 Å². The lowest BCUT2D eigenvalue weighted by Crippen LogP contribution is -2.16. The Hall–Kier alpha value is -2.99. The normalized spacial score (nSPS) is 11.9. The fourth-order valence-electron chi connectivity index (χ4n) is 2.65. The van der Waals surface area contributed by atoms with Crippen LogP contribution in [0.5, 0.6) is 5.75 Å². The molecule has 0 saturated heterocycles. The van der Waals surface area contributed by atoms with E-state index in [0.29, 0.717) is 22.9 Å². The molecule has 2 aromatic carbocycles. The average Bonchev–Trinajstić information content (AvgIpc) is 2.67. The largest absolute Gasteiger partial charge is 0.460 e. The molecule has 5 nitrogen and oxygen atoms in total. The van der Waals surface area contributed by atoms with Gasteiger partial charge in [0.25, 0.3) is 0 Å². The van der Waals surface area contributed by atoms with Gasteiger partial charge in [0.15, 0.2) is 5.43 Å². The molecule has 0 aliphatic heterocycles. The van der Waals surface area contributed by atoms with Crippen LogP contribution in [0.1, 0.15) is 19.8 Å². The summed E-state index contributed by atoms with van der Waals surface area (Å²) < 4.78 is 12.1. The van der Waals surface area contributed by atoms with Crippen molar-refractivity contribution in [3.05, 3.63) is 65.3 Å². The highest BCUT2D eigenvalue weighted by Gasteiger charge is 2.13. The van der Waals surface area contributed by atoms with Crippen LogP contribution in [0.4, 0.5) is 0 Å². The first kappa shape index (κ1) is 18.8. The third kappa shape index (κ3) is 4.41. The topological polar surface area (TPSA) is 69.7 Å². The number of esters is 2. The van der Waals surface area contributed by atoms with Crippen LogP contribution in [0.25, 0.3) is 20.2 Å². The molecule has 0 N–H and O–H groups in total. The number of rotatable bonds is 6. The van der Waals surface area contributed by atoms with Crippen LogP contribution in [0.3, 0.4) is 0 Å². The molecule has 138 valence electrons. The number of benzene rings is 2. The number of carbonyl (C=O) groups is 2. The zero-order valence-corrected chi connectivity index (χ0v) is 15.6. The van der Waals surface area contributed by atoms with Crippen LogP contribution < -0.4 is 10.2 Å². The first-order chi connectivity index (χ1) is 13.0. The standard InChI is InChI=1S/C21H18O5S/c1-3-19(22)25-13(2)8-11-20(23)26-14-9-10-18-16(12-14)21(24)15-6-4-5-7-17(15)27-18/h3-7,9-10,12-13H,1,8,11H2,2H3. The van der Waals surface area contributed by atoms with Crippen molar-refractivity contribution in [1.29, 1.82) is 0 Å². The van der Waals surface area contributed by atoms with E-state index in [4.69, 9.17) is 9.47 Å². The summed E-state index contributed by atoms with van der Waals surface area (Å²) in [6.45, 7) is 5.02. The summed E-state index contributed by atoms with van der Waals surface area (Å²) in [6, 6.07) is 12.5. The second-order valence-corrected chi connectivity index (χ2v) is 7.13. The van der Waals surface area contributed by atoms with Gasteiger partial charge >= 0.3 is 11.9 Å². The van der Waals surface area contributed by atoms with Gasteiger partial charge in [-0.25, -0.2) is 4.79 Å². The number of hydrogen-bond donors (Lipinski definition) is 0. The summed E-state index contributed by atoms with van der Waals surface area (Å²) in [5, 5.41) is 1.17. The van der Waals surface area contributed by atoms with Crippen molar-refractivity contribution in [1.82, 2.24) is 0 Å². The first-order valence-corrected chi connectivity index (χ1v) is 9.29. The highest BCUT2D eigenvalue weighted by atomic mass is 32.1. The SMILES string of the molecule is C=CC(=O)OC(C)CCC(=O)Oc1ccc2sc3ccccc3c(=O)c2c1. The number of fused-ring (bicyclic) bond motifs is 2. The van der Waals surface area contributed by atoms with Crippen LogP contribution in [-0.4, -0.2) is 18.0 Å². The van der Waals surface area contributed by atoms with Gasteiger partial charge in [0.2, 0.25) is 0 Å². The van der Waals surface area contributed by atoms with Gasteiger partial charge in [-0.1, -0.05) is 18.7 Å². The summed E-state index contributed by atoms with van der Waals surface area (Å²) >= 11 is 1.52. The minimum atomic E-state index is -0.526. The molecule has 0 spiro atoms. The van der Waals surface area contributed by atoms with E-state index in [-0.39, 0.29) is 11.8 Å². The van der Waals surface area contributed by atoms with Gasteiger partial charge in [-0.05, 0) is 43.7 Å². The fraction of sp³-hybridized carbons (Fsp3) is 0.190. The Bertz CT molecular complexity index is 1080. The number of carbonyl (C=O) groups excluding carboxylic acids is 2. The lowest BCUT2D eigenvalue weighted by molar-refractivity contribution is -0.144. The summed E-state index contributed by atoms with van der Waals surface area (Å²) in [6.07, 6.45) is 1.09. The minimum absolute atomic E-state index is 0.0813. The molecular formula is C21H18O5S. The molecule has 6 heteroatoms. The Morgan fingerprint density at radius 2 is 1.89 bits per heavy atom. The molecule has 0 aliphatic carbocycles. The molecule has 1 heterocycles. The Morgan fingerprint density at radius 3 is 2.67 bits per heavy atom. The fourth-order valence-corrected chi connectivity index (χ4v) is 3.71. The van der Waals surface area contributed by atoms with Crippen LogP contribution in [0.15, 0.2) is 59.9 Å². The monoisotopic (exact) mass is 382 g/mol. The maximum absolute atomic E-state index is 12.7. The van der Waals surface area contributed by atoms with Crippen molar-refractivity contribution in [3.63, 3.8) is 0 Å². The quantitative estimate of drug-likeness (QED) is 0.276. The summed E-state index contributed by atoms with van der Waals surface area (Å²) in [5.74, 6) is -0.655.